The van der Waals surface area contributed by atoms with Gasteiger partial charge in [0, 0.05) is 27.7 Å². The summed E-state index contributed by atoms with van der Waals surface area (Å²) in [6, 6.07) is 14.0. The molecule has 0 aliphatic rings. The quantitative estimate of drug-likeness (QED) is 0.528. The molecule has 0 saturated heterocycles. The Morgan fingerprint density at radius 2 is 2.00 bits per heavy atom. The Bertz CT molecular complexity index is 1210. The molecule has 0 radical (unpaired) electrons. The van der Waals surface area contributed by atoms with Crippen molar-refractivity contribution in [2.45, 2.75) is 13.5 Å². The number of thiophene rings is 1. The van der Waals surface area contributed by atoms with Gasteiger partial charge in [-0.25, -0.2) is 9.36 Å². The Labute approximate surface area is 175 Å². The fourth-order valence-corrected chi connectivity index (χ4v) is 3.65. The van der Waals surface area contributed by atoms with E-state index < -0.39 is 11.3 Å². The fourth-order valence-electron chi connectivity index (χ4n) is 2.84. The van der Waals surface area contributed by atoms with Crippen molar-refractivity contribution in [3.05, 3.63) is 91.6 Å². The summed E-state index contributed by atoms with van der Waals surface area (Å²) >= 11 is 7.54. The monoisotopic (exact) mass is 425 g/mol. The van der Waals surface area contributed by atoms with Gasteiger partial charge in [-0.2, -0.15) is 10.2 Å². The molecular formula is C20H16ClN5O2S. The lowest BCUT2D eigenvalue weighted by Crippen LogP contribution is -2.27. The Hall–Kier alpha value is -3.23. The van der Waals surface area contributed by atoms with Crippen molar-refractivity contribution in [3.8, 4) is 5.69 Å². The van der Waals surface area contributed by atoms with Gasteiger partial charge in [0.25, 0.3) is 5.91 Å². The molecule has 0 aliphatic heterocycles. The van der Waals surface area contributed by atoms with Gasteiger partial charge in [0.2, 0.25) is 5.43 Å². The molecule has 0 unspecified atom stereocenters. The standard InChI is InChI=1S/C20H16ClN5O2S/c1-13-11-17(27)19(24-26(13)15-6-4-14(21)5-7-15)20(28)23-18-8-9-22-25(18)12-16-3-2-10-29-16/h2-11H,12H2,1H3,(H,23,28). The predicted octanol–water partition coefficient (Wildman–Crippen LogP) is 3.75. The lowest BCUT2D eigenvalue weighted by molar-refractivity contribution is 0.101. The molecule has 9 heteroatoms. The highest BCUT2D eigenvalue weighted by molar-refractivity contribution is 7.09. The van der Waals surface area contributed by atoms with Crippen LogP contribution in [0.25, 0.3) is 5.69 Å². The van der Waals surface area contributed by atoms with Gasteiger partial charge in [0.15, 0.2) is 5.69 Å². The summed E-state index contributed by atoms with van der Waals surface area (Å²) in [7, 11) is 0. The zero-order valence-corrected chi connectivity index (χ0v) is 16.9. The zero-order chi connectivity index (χ0) is 20.4. The average molecular weight is 426 g/mol. The molecule has 146 valence electrons. The molecule has 0 atom stereocenters. The van der Waals surface area contributed by atoms with Crippen LogP contribution in [0.2, 0.25) is 5.02 Å². The smallest absolute Gasteiger partial charge is 0.281 e. The lowest BCUT2D eigenvalue weighted by atomic mass is 10.2. The third-order valence-corrected chi connectivity index (χ3v) is 5.35. The van der Waals surface area contributed by atoms with E-state index in [1.54, 1.807) is 59.5 Å². The molecule has 0 bridgehead atoms. The third-order valence-electron chi connectivity index (χ3n) is 4.24. The number of aromatic nitrogens is 4. The topological polar surface area (TPSA) is 81.8 Å². The number of anilines is 1. The second kappa shape index (κ2) is 8.02. The number of rotatable bonds is 5. The van der Waals surface area contributed by atoms with Crippen LogP contribution in [-0.4, -0.2) is 25.5 Å². The molecule has 0 fully saturated rings. The van der Waals surface area contributed by atoms with Gasteiger partial charge in [0.1, 0.15) is 5.82 Å². The van der Waals surface area contributed by atoms with Gasteiger partial charge in [-0.1, -0.05) is 17.7 Å². The summed E-state index contributed by atoms with van der Waals surface area (Å²) in [5.41, 5.74) is 0.657. The fraction of sp³-hybridized carbons (Fsp3) is 0.100. The molecule has 3 aromatic heterocycles. The maximum Gasteiger partial charge on any atom is 0.281 e. The summed E-state index contributed by atoms with van der Waals surface area (Å²) in [6.45, 7) is 2.28. The van der Waals surface area contributed by atoms with Crippen molar-refractivity contribution in [2.24, 2.45) is 0 Å². The van der Waals surface area contributed by atoms with Gasteiger partial charge in [-0.05, 0) is 42.6 Å². The van der Waals surface area contributed by atoms with Gasteiger partial charge < -0.3 is 5.32 Å². The average Bonchev–Trinajstić information content (AvgIpc) is 3.36. The Kier molecular flexibility index (Phi) is 5.28. The second-order valence-corrected chi connectivity index (χ2v) is 7.76. The molecule has 3 heterocycles. The van der Waals surface area contributed by atoms with Crippen molar-refractivity contribution >= 4 is 34.7 Å². The minimum atomic E-state index is -0.592. The van der Waals surface area contributed by atoms with Crippen LogP contribution in [0.4, 0.5) is 5.82 Å². The van der Waals surface area contributed by atoms with Crippen LogP contribution >= 0.6 is 22.9 Å². The number of hydrogen-bond donors (Lipinski definition) is 1. The van der Waals surface area contributed by atoms with E-state index in [0.717, 1.165) is 4.88 Å². The Balaban J connectivity index is 1.63. The summed E-state index contributed by atoms with van der Waals surface area (Å²) in [4.78, 5) is 26.3. The molecule has 4 aromatic rings. The number of nitrogens with one attached hydrogen (secondary N) is 1. The van der Waals surface area contributed by atoms with Crippen molar-refractivity contribution in [2.75, 3.05) is 5.32 Å². The minimum Gasteiger partial charge on any atom is -0.305 e. The summed E-state index contributed by atoms with van der Waals surface area (Å²) in [6.07, 6.45) is 1.60. The second-order valence-electron chi connectivity index (χ2n) is 6.29. The molecule has 29 heavy (non-hydrogen) atoms. The van der Waals surface area contributed by atoms with E-state index in [2.05, 4.69) is 15.5 Å². The van der Waals surface area contributed by atoms with E-state index in [4.69, 9.17) is 11.6 Å². The largest absolute Gasteiger partial charge is 0.305 e. The minimum absolute atomic E-state index is 0.200. The highest BCUT2D eigenvalue weighted by Crippen LogP contribution is 2.16. The molecule has 0 saturated carbocycles. The predicted molar refractivity (Wildman–Crippen MR) is 113 cm³/mol. The number of amides is 1. The van der Waals surface area contributed by atoms with Crippen LogP contribution in [0, 0.1) is 6.92 Å². The lowest BCUT2D eigenvalue weighted by Gasteiger charge is -2.12. The molecule has 1 N–H and O–H groups in total. The highest BCUT2D eigenvalue weighted by atomic mass is 35.5. The first-order chi connectivity index (χ1) is 14.0. The van der Waals surface area contributed by atoms with Crippen molar-refractivity contribution in [1.82, 2.24) is 19.6 Å². The van der Waals surface area contributed by atoms with Crippen LogP contribution in [0.3, 0.4) is 0 Å². The molecule has 0 aliphatic carbocycles. The van der Waals surface area contributed by atoms with Crippen LogP contribution in [0.1, 0.15) is 21.1 Å². The normalized spacial score (nSPS) is 10.8. The maximum atomic E-state index is 12.8. The number of nitrogens with zero attached hydrogens (tertiary/aromatic N) is 4. The van der Waals surface area contributed by atoms with E-state index >= 15 is 0 Å². The van der Waals surface area contributed by atoms with E-state index in [0.29, 0.717) is 28.8 Å². The maximum absolute atomic E-state index is 12.8. The zero-order valence-electron chi connectivity index (χ0n) is 15.4. The number of benzene rings is 1. The first-order valence-electron chi connectivity index (χ1n) is 8.74. The molecular weight excluding hydrogens is 410 g/mol. The van der Waals surface area contributed by atoms with Gasteiger partial charge in [0.05, 0.1) is 18.4 Å². The molecule has 0 spiro atoms. The number of halogens is 1. The molecule has 1 amide bonds. The van der Waals surface area contributed by atoms with Gasteiger partial charge in [-0.15, -0.1) is 11.3 Å². The summed E-state index contributed by atoms with van der Waals surface area (Å²) in [5.74, 6) is -0.103. The first-order valence-corrected chi connectivity index (χ1v) is 9.99. The van der Waals surface area contributed by atoms with Crippen molar-refractivity contribution in [1.29, 1.82) is 0 Å². The van der Waals surface area contributed by atoms with Crippen molar-refractivity contribution < 1.29 is 4.79 Å². The van der Waals surface area contributed by atoms with Gasteiger partial charge >= 0.3 is 0 Å². The SMILES string of the molecule is Cc1cc(=O)c(C(=O)Nc2ccnn2Cc2cccs2)nn1-c1ccc(Cl)cc1. The number of carbonyl (C=O) groups is 1. The third kappa shape index (κ3) is 4.13. The van der Waals surface area contributed by atoms with E-state index in [9.17, 15) is 9.59 Å². The summed E-state index contributed by atoms with van der Waals surface area (Å²) < 4.78 is 3.20. The van der Waals surface area contributed by atoms with Crippen molar-refractivity contribution in [3.63, 3.8) is 0 Å². The highest BCUT2D eigenvalue weighted by Gasteiger charge is 2.17. The number of hydrogen-bond acceptors (Lipinski definition) is 5. The Morgan fingerprint density at radius 1 is 1.21 bits per heavy atom. The molecule has 7 nitrogen and oxygen atoms in total. The van der Waals surface area contributed by atoms with Crippen LogP contribution < -0.4 is 10.7 Å². The molecule has 4 rings (SSSR count). The van der Waals surface area contributed by atoms with E-state index in [1.807, 2.05) is 17.5 Å². The van der Waals surface area contributed by atoms with E-state index in [-0.39, 0.29) is 5.69 Å². The number of aryl methyl sites for hydroxylation is 1. The van der Waals surface area contributed by atoms with Crippen LogP contribution in [0.5, 0.6) is 0 Å². The van der Waals surface area contributed by atoms with Gasteiger partial charge in [-0.3, -0.25) is 9.59 Å². The van der Waals surface area contributed by atoms with Crippen LogP contribution in [0.15, 0.2) is 64.9 Å². The first kappa shape index (κ1) is 19.1. The van der Waals surface area contributed by atoms with E-state index in [1.165, 1.54) is 10.7 Å². The van der Waals surface area contributed by atoms with Crippen LogP contribution in [-0.2, 0) is 6.54 Å². The summed E-state index contributed by atoms with van der Waals surface area (Å²) in [5, 5.41) is 13.8. The number of carbonyl (C=O) groups excluding carboxylic acids is 1. The Morgan fingerprint density at radius 3 is 2.72 bits per heavy atom. The molecule has 1 aromatic carbocycles.